The van der Waals surface area contributed by atoms with Gasteiger partial charge in [-0.1, -0.05) is 13.3 Å². The van der Waals surface area contributed by atoms with E-state index in [0.29, 0.717) is 18.2 Å². The quantitative estimate of drug-likeness (QED) is 0.665. The molecule has 2 N–H and O–H groups in total. The number of carbonyl (C=O) groups is 1. The molecule has 1 saturated heterocycles. The van der Waals surface area contributed by atoms with Gasteiger partial charge in [-0.15, -0.1) is 12.4 Å². The Kier molecular flexibility index (Phi) is 9.01. The molecule has 31 heavy (non-hydrogen) atoms. The minimum absolute atomic E-state index is 0. The molecule has 2 aromatic rings. The molecule has 1 aromatic heterocycles. The highest BCUT2D eigenvalue weighted by Gasteiger charge is 2.22. The predicted molar refractivity (Wildman–Crippen MR) is 121 cm³/mol. The zero-order chi connectivity index (χ0) is 21.5. The Balaban J connectivity index is 0.00000341. The van der Waals surface area contributed by atoms with Crippen LogP contribution in [0.3, 0.4) is 0 Å². The summed E-state index contributed by atoms with van der Waals surface area (Å²) in [6.07, 6.45) is 4.81. The summed E-state index contributed by atoms with van der Waals surface area (Å²) in [6, 6.07) is 8.21. The number of anilines is 3. The zero-order valence-corrected chi connectivity index (χ0v) is 18.6. The molecule has 0 bridgehead atoms. The fraction of sp³-hybridized carbons (Fsp3) is 0.455. The number of unbranched alkanes of at least 4 members (excludes halogenated alkanes) is 1. The van der Waals surface area contributed by atoms with Gasteiger partial charge >= 0.3 is 0 Å². The lowest BCUT2D eigenvalue weighted by Gasteiger charge is -2.34. The van der Waals surface area contributed by atoms with E-state index in [2.05, 4.69) is 32.4 Å². The molecule has 1 amide bonds. The first-order valence-corrected chi connectivity index (χ1v) is 10.3. The summed E-state index contributed by atoms with van der Waals surface area (Å²) in [5.41, 5.74) is 1.45. The van der Waals surface area contributed by atoms with Gasteiger partial charge in [0.25, 0.3) is 0 Å². The molecule has 0 unspecified atom stereocenters. The first-order chi connectivity index (χ1) is 14.5. The molecule has 1 aromatic carbocycles. The van der Waals surface area contributed by atoms with Crippen molar-refractivity contribution < 1.29 is 9.18 Å². The third kappa shape index (κ3) is 6.79. The fourth-order valence-corrected chi connectivity index (χ4v) is 3.60. The van der Waals surface area contributed by atoms with Gasteiger partial charge in [0.05, 0.1) is 5.56 Å². The number of amides is 1. The Bertz CT molecular complexity index is 948. The van der Waals surface area contributed by atoms with Crippen LogP contribution < -0.4 is 15.5 Å². The highest BCUT2D eigenvalue weighted by atomic mass is 35.5. The van der Waals surface area contributed by atoms with Crippen LogP contribution in [-0.4, -0.2) is 35.0 Å². The number of nitriles is 1. The molecule has 9 heteroatoms. The molecule has 3 rings (SSSR count). The van der Waals surface area contributed by atoms with Crippen molar-refractivity contribution in [3.8, 4) is 6.07 Å². The molecule has 1 aliphatic rings. The number of nitrogens with one attached hydrogen (secondary N) is 2. The second-order valence-corrected chi connectivity index (χ2v) is 7.56. The van der Waals surface area contributed by atoms with Gasteiger partial charge in [-0.25, -0.2) is 9.37 Å². The van der Waals surface area contributed by atoms with Crippen LogP contribution in [0.4, 0.5) is 21.8 Å². The maximum absolute atomic E-state index is 13.6. The van der Waals surface area contributed by atoms with Gasteiger partial charge in [0.2, 0.25) is 11.9 Å². The topological polar surface area (TPSA) is 93.9 Å². The molecule has 0 saturated carbocycles. The number of benzene rings is 1. The van der Waals surface area contributed by atoms with E-state index in [9.17, 15) is 9.18 Å². The molecule has 0 spiro atoms. The largest absolute Gasteiger partial charge is 0.354 e. The van der Waals surface area contributed by atoms with Crippen molar-refractivity contribution in [2.45, 2.75) is 52.0 Å². The summed E-state index contributed by atoms with van der Waals surface area (Å²) in [5.74, 6) is 0.630. The Morgan fingerprint density at radius 3 is 2.87 bits per heavy atom. The van der Waals surface area contributed by atoms with Gasteiger partial charge in [-0.2, -0.15) is 10.2 Å². The second-order valence-electron chi connectivity index (χ2n) is 7.56. The van der Waals surface area contributed by atoms with Crippen LogP contribution in [0.2, 0.25) is 0 Å². The lowest BCUT2D eigenvalue weighted by Crippen LogP contribution is -2.47. The van der Waals surface area contributed by atoms with Crippen LogP contribution in [0.5, 0.6) is 0 Å². The predicted octanol–water partition coefficient (Wildman–Crippen LogP) is 4.10. The van der Waals surface area contributed by atoms with Crippen molar-refractivity contribution >= 4 is 35.8 Å². The van der Waals surface area contributed by atoms with Crippen molar-refractivity contribution in [3.05, 3.63) is 41.3 Å². The third-order valence-electron chi connectivity index (χ3n) is 5.05. The van der Waals surface area contributed by atoms with Gasteiger partial charge in [0, 0.05) is 43.5 Å². The maximum Gasteiger partial charge on any atom is 0.229 e. The number of hydrogen-bond acceptors (Lipinski definition) is 6. The van der Waals surface area contributed by atoms with Crippen LogP contribution in [-0.2, 0) is 11.2 Å². The minimum Gasteiger partial charge on any atom is -0.354 e. The maximum atomic E-state index is 13.6. The lowest BCUT2D eigenvalue weighted by atomic mass is 10.1. The number of nitrogens with zero attached hydrogens (tertiary/aromatic N) is 4. The summed E-state index contributed by atoms with van der Waals surface area (Å²) < 4.78 is 13.6. The highest BCUT2D eigenvalue weighted by molar-refractivity contribution is 5.85. The van der Waals surface area contributed by atoms with E-state index in [1.165, 1.54) is 19.1 Å². The van der Waals surface area contributed by atoms with Gasteiger partial charge in [0.15, 0.2) is 0 Å². The van der Waals surface area contributed by atoms with Crippen LogP contribution in [0, 0.1) is 17.1 Å². The summed E-state index contributed by atoms with van der Waals surface area (Å²) in [5, 5.41) is 15.2. The number of aryl methyl sites for hydroxylation is 1. The molecule has 0 radical (unpaired) electrons. The van der Waals surface area contributed by atoms with Gasteiger partial charge in [-0.05, 0) is 43.9 Å². The van der Waals surface area contributed by atoms with Crippen molar-refractivity contribution in [2.24, 2.45) is 0 Å². The molecule has 0 aliphatic carbocycles. The SMILES string of the molecule is CCCCc1cc(N2CCC[C@@H](NC(C)=O)C2)nc(Nc2ccc(F)c(C#N)c2)n1.Cl. The normalized spacial score (nSPS) is 15.5. The Morgan fingerprint density at radius 2 is 2.16 bits per heavy atom. The number of piperidine rings is 1. The first-order valence-electron chi connectivity index (χ1n) is 10.3. The summed E-state index contributed by atoms with van der Waals surface area (Å²) in [4.78, 5) is 22.9. The van der Waals surface area contributed by atoms with E-state index in [1.54, 1.807) is 6.07 Å². The highest BCUT2D eigenvalue weighted by Crippen LogP contribution is 2.23. The number of hydrogen-bond donors (Lipinski definition) is 2. The lowest BCUT2D eigenvalue weighted by molar-refractivity contribution is -0.119. The number of carbonyl (C=O) groups excluding carboxylic acids is 1. The second kappa shape index (κ2) is 11.5. The van der Waals surface area contributed by atoms with Gasteiger partial charge in [0.1, 0.15) is 17.7 Å². The molecule has 1 fully saturated rings. The van der Waals surface area contributed by atoms with Crippen molar-refractivity contribution in [2.75, 3.05) is 23.3 Å². The molecule has 7 nitrogen and oxygen atoms in total. The average Bonchev–Trinajstić information content (AvgIpc) is 2.73. The standard InChI is InChI=1S/C22H27FN6O.ClH/c1-3-4-6-17-12-21(29-10-5-7-19(14-29)25-15(2)30)28-22(26-17)27-18-8-9-20(23)16(11-18)13-24;/h8-9,11-12,19H,3-7,10,14H2,1-2H3,(H,25,30)(H,26,27,28);1H/t19-;/m1./s1. The Morgan fingerprint density at radius 1 is 1.35 bits per heavy atom. The van der Waals surface area contributed by atoms with Crippen molar-refractivity contribution in [1.29, 1.82) is 5.26 Å². The van der Waals surface area contributed by atoms with E-state index < -0.39 is 5.82 Å². The van der Waals surface area contributed by atoms with Crippen LogP contribution in [0.25, 0.3) is 0 Å². The first kappa shape index (κ1) is 24.4. The number of rotatable bonds is 7. The van der Waals surface area contributed by atoms with Crippen LogP contribution in [0.15, 0.2) is 24.3 Å². The number of aromatic nitrogens is 2. The van der Waals surface area contributed by atoms with Crippen LogP contribution in [0.1, 0.15) is 50.8 Å². The van der Waals surface area contributed by atoms with Gasteiger partial charge < -0.3 is 15.5 Å². The van der Waals surface area contributed by atoms with E-state index in [1.807, 2.05) is 12.1 Å². The molecule has 166 valence electrons. The van der Waals surface area contributed by atoms with Crippen LogP contribution >= 0.6 is 12.4 Å². The number of halogens is 2. The zero-order valence-electron chi connectivity index (χ0n) is 17.8. The summed E-state index contributed by atoms with van der Waals surface area (Å²) in [7, 11) is 0. The Labute approximate surface area is 188 Å². The minimum atomic E-state index is -0.557. The van der Waals surface area contributed by atoms with E-state index >= 15 is 0 Å². The summed E-state index contributed by atoms with van der Waals surface area (Å²) in [6.45, 7) is 5.21. The summed E-state index contributed by atoms with van der Waals surface area (Å²) >= 11 is 0. The average molecular weight is 447 g/mol. The fourth-order valence-electron chi connectivity index (χ4n) is 3.60. The molecular weight excluding hydrogens is 419 g/mol. The molecule has 1 aliphatic heterocycles. The third-order valence-corrected chi connectivity index (χ3v) is 5.05. The molecule has 2 heterocycles. The van der Waals surface area contributed by atoms with Crippen molar-refractivity contribution in [1.82, 2.24) is 15.3 Å². The monoisotopic (exact) mass is 446 g/mol. The van der Waals surface area contributed by atoms with Gasteiger partial charge in [-0.3, -0.25) is 4.79 Å². The van der Waals surface area contributed by atoms with E-state index in [-0.39, 0.29) is 29.9 Å². The molecule has 1 atom stereocenters. The van der Waals surface area contributed by atoms with E-state index in [0.717, 1.165) is 50.2 Å². The Hall–Kier alpha value is -2.92. The van der Waals surface area contributed by atoms with E-state index in [4.69, 9.17) is 5.26 Å². The molecular formula is C22H28ClFN6O. The van der Waals surface area contributed by atoms with Crippen molar-refractivity contribution in [3.63, 3.8) is 0 Å². The smallest absolute Gasteiger partial charge is 0.229 e.